The van der Waals surface area contributed by atoms with Crippen LogP contribution in [0.15, 0.2) is 23.2 Å². The van der Waals surface area contributed by atoms with Crippen LogP contribution in [0.4, 0.5) is 0 Å². The molecule has 0 bridgehead atoms. The fourth-order valence-electron chi connectivity index (χ4n) is 2.44. The van der Waals surface area contributed by atoms with Crippen molar-refractivity contribution < 1.29 is 13.2 Å². The van der Waals surface area contributed by atoms with Crippen molar-refractivity contribution in [3.05, 3.63) is 29.3 Å². The van der Waals surface area contributed by atoms with E-state index in [1.165, 1.54) is 18.4 Å². The van der Waals surface area contributed by atoms with E-state index in [1.54, 1.807) is 27.8 Å². The van der Waals surface area contributed by atoms with Gasteiger partial charge in [0, 0.05) is 25.7 Å². The van der Waals surface area contributed by atoms with Gasteiger partial charge in [-0.3, -0.25) is 4.99 Å². The summed E-state index contributed by atoms with van der Waals surface area (Å²) >= 11 is 0. The number of halogens is 1. The van der Waals surface area contributed by atoms with Gasteiger partial charge in [0.05, 0.1) is 17.1 Å². The van der Waals surface area contributed by atoms with Crippen molar-refractivity contribution in [1.82, 2.24) is 10.6 Å². The minimum atomic E-state index is -3.16. The largest absolute Gasteiger partial charge is 0.493 e. The highest BCUT2D eigenvalue weighted by atomic mass is 127. The molecule has 1 fully saturated rings. The molecule has 1 aliphatic rings. The molecular formula is C20H34IN3O3S. The Bertz CT molecular complexity index is 769. The SMILES string of the molecule is CN=C(NCCS(=O)(=O)C(C)(C)C)NCc1ccc(C)cc1OCC1CC1.I. The molecule has 0 saturated heterocycles. The van der Waals surface area contributed by atoms with Gasteiger partial charge in [-0.25, -0.2) is 8.42 Å². The number of aliphatic imine (C=N–C) groups is 1. The molecule has 28 heavy (non-hydrogen) atoms. The Hall–Kier alpha value is -1.03. The third-order valence-corrected chi connectivity index (χ3v) is 7.27. The van der Waals surface area contributed by atoms with Crippen molar-refractivity contribution in [3.8, 4) is 5.75 Å². The first-order valence-electron chi connectivity index (χ1n) is 9.51. The number of nitrogens with one attached hydrogen (secondary N) is 2. The molecule has 160 valence electrons. The first kappa shape index (κ1) is 25.0. The van der Waals surface area contributed by atoms with Crippen LogP contribution in [0.3, 0.4) is 0 Å². The lowest BCUT2D eigenvalue weighted by Crippen LogP contribution is -2.41. The van der Waals surface area contributed by atoms with Crippen LogP contribution in [0.25, 0.3) is 0 Å². The third-order valence-electron chi connectivity index (χ3n) is 4.66. The van der Waals surface area contributed by atoms with Crippen LogP contribution in [0.2, 0.25) is 0 Å². The molecule has 8 heteroatoms. The maximum Gasteiger partial charge on any atom is 0.191 e. The molecule has 0 unspecified atom stereocenters. The lowest BCUT2D eigenvalue weighted by molar-refractivity contribution is 0.296. The van der Waals surface area contributed by atoms with Gasteiger partial charge in [0.25, 0.3) is 0 Å². The average molecular weight is 523 g/mol. The van der Waals surface area contributed by atoms with Crippen LogP contribution in [0.1, 0.15) is 44.7 Å². The molecule has 0 amide bonds. The quantitative estimate of drug-likeness (QED) is 0.311. The number of nitrogens with zero attached hydrogens (tertiary/aromatic N) is 1. The Balaban J connectivity index is 0.00000392. The molecule has 0 spiro atoms. The van der Waals surface area contributed by atoms with E-state index < -0.39 is 14.6 Å². The number of hydrogen-bond acceptors (Lipinski definition) is 4. The molecule has 0 radical (unpaired) electrons. The Morgan fingerprint density at radius 2 is 1.93 bits per heavy atom. The number of benzene rings is 1. The zero-order valence-electron chi connectivity index (χ0n) is 17.5. The number of guanidine groups is 1. The topological polar surface area (TPSA) is 79.8 Å². The summed E-state index contributed by atoms with van der Waals surface area (Å²) in [6.45, 7) is 8.86. The smallest absolute Gasteiger partial charge is 0.191 e. The molecule has 1 aromatic rings. The van der Waals surface area contributed by atoms with Gasteiger partial charge in [-0.2, -0.15) is 0 Å². The first-order chi connectivity index (χ1) is 12.6. The second-order valence-corrected chi connectivity index (χ2v) is 11.0. The average Bonchev–Trinajstić information content (AvgIpc) is 3.40. The van der Waals surface area contributed by atoms with Gasteiger partial charge in [-0.05, 0) is 58.1 Å². The van der Waals surface area contributed by atoms with Crippen molar-refractivity contribution in [2.45, 2.75) is 51.8 Å². The second-order valence-electron chi connectivity index (χ2n) is 8.15. The summed E-state index contributed by atoms with van der Waals surface area (Å²) < 4.78 is 29.6. The fraction of sp³-hybridized carbons (Fsp3) is 0.650. The van der Waals surface area contributed by atoms with Gasteiger partial charge < -0.3 is 15.4 Å². The summed E-state index contributed by atoms with van der Waals surface area (Å²) in [4.78, 5) is 4.18. The first-order valence-corrected chi connectivity index (χ1v) is 11.2. The normalized spacial score (nSPS) is 15.0. The van der Waals surface area contributed by atoms with Crippen LogP contribution in [0, 0.1) is 12.8 Å². The molecule has 1 aliphatic carbocycles. The van der Waals surface area contributed by atoms with E-state index in [0.29, 0.717) is 25.0 Å². The number of rotatable bonds is 8. The van der Waals surface area contributed by atoms with Crippen LogP contribution in [0.5, 0.6) is 5.75 Å². The highest BCUT2D eigenvalue weighted by Crippen LogP contribution is 2.30. The molecule has 0 aliphatic heterocycles. The molecule has 2 N–H and O–H groups in total. The predicted octanol–water partition coefficient (Wildman–Crippen LogP) is 3.28. The Morgan fingerprint density at radius 3 is 2.50 bits per heavy atom. The lowest BCUT2D eigenvalue weighted by Gasteiger charge is -2.20. The summed E-state index contributed by atoms with van der Waals surface area (Å²) in [6.07, 6.45) is 2.51. The van der Waals surface area contributed by atoms with Crippen LogP contribution in [-0.2, 0) is 16.4 Å². The van der Waals surface area contributed by atoms with E-state index in [4.69, 9.17) is 4.74 Å². The van der Waals surface area contributed by atoms with E-state index >= 15 is 0 Å². The number of sulfone groups is 1. The summed E-state index contributed by atoms with van der Waals surface area (Å²) in [6, 6.07) is 6.18. The van der Waals surface area contributed by atoms with Crippen molar-refractivity contribution in [1.29, 1.82) is 0 Å². The molecule has 1 saturated carbocycles. The maximum absolute atomic E-state index is 12.2. The van der Waals surface area contributed by atoms with Gasteiger partial charge in [-0.15, -0.1) is 24.0 Å². The van der Waals surface area contributed by atoms with Gasteiger partial charge in [0.15, 0.2) is 15.8 Å². The zero-order valence-corrected chi connectivity index (χ0v) is 20.7. The van der Waals surface area contributed by atoms with E-state index in [2.05, 4.69) is 40.7 Å². The summed E-state index contributed by atoms with van der Waals surface area (Å²) in [5, 5.41) is 6.32. The highest BCUT2D eigenvalue weighted by Gasteiger charge is 2.28. The van der Waals surface area contributed by atoms with E-state index in [-0.39, 0.29) is 29.7 Å². The fourth-order valence-corrected chi connectivity index (χ4v) is 3.43. The van der Waals surface area contributed by atoms with Crippen molar-refractivity contribution in [2.24, 2.45) is 10.9 Å². The summed E-state index contributed by atoms with van der Waals surface area (Å²) in [5.41, 5.74) is 2.23. The van der Waals surface area contributed by atoms with Gasteiger partial charge in [-0.1, -0.05) is 12.1 Å². The van der Waals surface area contributed by atoms with E-state index in [9.17, 15) is 8.42 Å². The third kappa shape index (κ3) is 7.77. The molecule has 1 aromatic carbocycles. The maximum atomic E-state index is 12.2. The van der Waals surface area contributed by atoms with E-state index in [0.717, 1.165) is 17.9 Å². The van der Waals surface area contributed by atoms with Crippen molar-refractivity contribution >= 4 is 39.8 Å². The van der Waals surface area contributed by atoms with Crippen LogP contribution in [-0.4, -0.2) is 45.1 Å². The number of hydrogen-bond donors (Lipinski definition) is 2. The minimum absolute atomic E-state index is 0. The molecule has 0 aromatic heterocycles. The summed E-state index contributed by atoms with van der Waals surface area (Å²) in [7, 11) is -1.48. The van der Waals surface area contributed by atoms with Crippen LogP contribution >= 0.6 is 24.0 Å². The second kappa shape index (κ2) is 10.7. The Morgan fingerprint density at radius 1 is 1.25 bits per heavy atom. The van der Waals surface area contributed by atoms with Gasteiger partial charge >= 0.3 is 0 Å². The zero-order chi connectivity index (χ0) is 20.1. The minimum Gasteiger partial charge on any atom is -0.493 e. The van der Waals surface area contributed by atoms with Crippen molar-refractivity contribution in [3.63, 3.8) is 0 Å². The number of ether oxygens (including phenoxy) is 1. The Kier molecular flexibility index (Phi) is 9.52. The standard InChI is InChI=1S/C20H33N3O3S.HI/c1-15-6-9-17(18(12-15)26-14-16-7-8-16)13-23-19(21-5)22-10-11-27(24,25)20(2,3)4;/h6,9,12,16H,7-8,10-11,13-14H2,1-5H3,(H2,21,22,23);1H. The van der Waals surface area contributed by atoms with Gasteiger partial charge in [0.2, 0.25) is 0 Å². The Labute approximate surface area is 186 Å². The van der Waals surface area contributed by atoms with Gasteiger partial charge in [0.1, 0.15) is 5.75 Å². The van der Waals surface area contributed by atoms with E-state index in [1.807, 2.05) is 0 Å². The molecule has 0 atom stereocenters. The molecular weight excluding hydrogens is 489 g/mol. The monoisotopic (exact) mass is 523 g/mol. The highest BCUT2D eigenvalue weighted by molar-refractivity contribution is 14.0. The predicted molar refractivity (Wildman–Crippen MR) is 127 cm³/mol. The summed E-state index contributed by atoms with van der Waals surface area (Å²) in [5.74, 6) is 2.25. The number of aryl methyl sites for hydroxylation is 1. The molecule has 0 heterocycles. The van der Waals surface area contributed by atoms with Crippen LogP contribution < -0.4 is 15.4 Å². The lowest BCUT2D eigenvalue weighted by atomic mass is 10.1. The molecule has 6 nitrogen and oxygen atoms in total. The van der Waals surface area contributed by atoms with Crippen molar-refractivity contribution in [2.75, 3.05) is 26.0 Å². The molecule has 2 rings (SSSR count).